The van der Waals surface area contributed by atoms with E-state index in [0.29, 0.717) is 6.42 Å². The van der Waals surface area contributed by atoms with Crippen LogP contribution in [0.4, 0.5) is 0 Å². The fourth-order valence-corrected chi connectivity index (χ4v) is 1.76. The Morgan fingerprint density at radius 3 is 2.26 bits per heavy atom. The Balaban J connectivity index is 3.42. The Morgan fingerprint density at radius 1 is 1.11 bits per heavy atom. The maximum Gasteiger partial charge on any atom is 0.336 e. The zero-order valence-electron chi connectivity index (χ0n) is 12.1. The molecular formula is C14H27NO4. The van der Waals surface area contributed by atoms with Crippen LogP contribution in [0.2, 0.25) is 0 Å². The number of aliphatic hydroxyl groups excluding tert-OH is 1. The van der Waals surface area contributed by atoms with Crippen LogP contribution in [0.15, 0.2) is 0 Å². The Kier molecular flexibility index (Phi) is 11.3. The Bertz CT molecular complexity index is 256. The number of carbonyl (C=O) groups is 2. The molecule has 19 heavy (non-hydrogen) atoms. The second-order valence-electron chi connectivity index (χ2n) is 4.71. The highest BCUT2D eigenvalue weighted by molar-refractivity contribution is 5.78. The van der Waals surface area contributed by atoms with Gasteiger partial charge in [-0.1, -0.05) is 45.4 Å². The summed E-state index contributed by atoms with van der Waals surface area (Å²) in [5.41, 5.74) is 0. The number of carbonyl (C=O) groups excluding carboxylic acids is 2. The number of rotatable bonds is 11. The molecule has 0 aliphatic heterocycles. The Morgan fingerprint density at radius 2 is 1.68 bits per heavy atom. The number of methoxy groups -OCH3 is 1. The molecule has 0 rings (SSSR count). The molecule has 0 aromatic heterocycles. The zero-order chi connectivity index (χ0) is 14.5. The maximum atomic E-state index is 11.4. The topological polar surface area (TPSA) is 75.6 Å². The molecule has 1 atom stereocenters. The van der Waals surface area contributed by atoms with E-state index in [-0.39, 0.29) is 12.5 Å². The third-order valence-corrected chi connectivity index (χ3v) is 2.97. The molecule has 112 valence electrons. The monoisotopic (exact) mass is 273 g/mol. The third kappa shape index (κ3) is 10.5. The van der Waals surface area contributed by atoms with Crippen LogP contribution in [0, 0.1) is 0 Å². The van der Waals surface area contributed by atoms with Gasteiger partial charge in [-0.05, 0) is 6.42 Å². The maximum absolute atomic E-state index is 11.4. The molecule has 0 saturated heterocycles. The molecule has 5 heteroatoms. The SMILES string of the molecule is CCCCCCCCCC(=O)NCC(O)C(=O)OC. The molecule has 5 nitrogen and oxygen atoms in total. The van der Waals surface area contributed by atoms with Gasteiger partial charge in [0.2, 0.25) is 5.91 Å². The predicted octanol–water partition coefficient (Wildman–Crippen LogP) is 1.78. The summed E-state index contributed by atoms with van der Waals surface area (Å²) >= 11 is 0. The number of nitrogens with one attached hydrogen (secondary N) is 1. The summed E-state index contributed by atoms with van der Waals surface area (Å²) in [6.45, 7) is 2.11. The number of hydrogen-bond donors (Lipinski definition) is 2. The molecule has 0 spiro atoms. The van der Waals surface area contributed by atoms with Gasteiger partial charge in [0.05, 0.1) is 13.7 Å². The molecule has 2 N–H and O–H groups in total. The van der Waals surface area contributed by atoms with Crippen LogP contribution in [0.25, 0.3) is 0 Å². The van der Waals surface area contributed by atoms with Crippen LogP contribution in [-0.4, -0.2) is 36.7 Å². The molecule has 0 aliphatic carbocycles. The van der Waals surface area contributed by atoms with E-state index in [4.69, 9.17) is 0 Å². The molecule has 1 amide bonds. The van der Waals surface area contributed by atoms with Crippen molar-refractivity contribution < 1.29 is 19.4 Å². The van der Waals surface area contributed by atoms with Crippen LogP contribution >= 0.6 is 0 Å². The first kappa shape index (κ1) is 17.9. The quantitative estimate of drug-likeness (QED) is 0.444. The summed E-state index contributed by atoms with van der Waals surface area (Å²) in [6, 6.07) is 0. The van der Waals surface area contributed by atoms with Crippen molar-refractivity contribution in [2.24, 2.45) is 0 Å². The van der Waals surface area contributed by atoms with E-state index < -0.39 is 12.1 Å². The molecule has 1 unspecified atom stereocenters. The summed E-state index contributed by atoms with van der Waals surface area (Å²) in [5.74, 6) is -0.854. The number of hydrogen-bond acceptors (Lipinski definition) is 4. The second-order valence-corrected chi connectivity index (χ2v) is 4.71. The highest BCUT2D eigenvalue weighted by Crippen LogP contribution is 2.08. The van der Waals surface area contributed by atoms with Gasteiger partial charge in [-0.2, -0.15) is 0 Å². The fraction of sp³-hybridized carbons (Fsp3) is 0.857. The minimum absolute atomic E-state index is 0.0813. The first-order chi connectivity index (χ1) is 9.11. The van der Waals surface area contributed by atoms with Gasteiger partial charge >= 0.3 is 5.97 Å². The van der Waals surface area contributed by atoms with Gasteiger partial charge in [0.1, 0.15) is 0 Å². The zero-order valence-corrected chi connectivity index (χ0v) is 12.1. The first-order valence-electron chi connectivity index (χ1n) is 7.14. The molecule has 0 heterocycles. The van der Waals surface area contributed by atoms with Crippen LogP contribution in [0.1, 0.15) is 58.3 Å². The lowest BCUT2D eigenvalue weighted by atomic mass is 10.1. The molecule has 0 bridgehead atoms. The van der Waals surface area contributed by atoms with Crippen LogP contribution < -0.4 is 5.32 Å². The van der Waals surface area contributed by atoms with Gasteiger partial charge in [0.15, 0.2) is 6.10 Å². The van der Waals surface area contributed by atoms with Gasteiger partial charge in [-0.25, -0.2) is 4.79 Å². The first-order valence-corrected chi connectivity index (χ1v) is 7.14. The van der Waals surface area contributed by atoms with Gasteiger partial charge in [0.25, 0.3) is 0 Å². The highest BCUT2D eigenvalue weighted by Gasteiger charge is 2.15. The largest absolute Gasteiger partial charge is 0.467 e. The Labute approximate surface area is 115 Å². The molecule has 0 aliphatic rings. The van der Waals surface area contributed by atoms with E-state index in [2.05, 4.69) is 17.0 Å². The average molecular weight is 273 g/mol. The van der Waals surface area contributed by atoms with Crippen LogP contribution in [0.5, 0.6) is 0 Å². The molecule has 0 radical (unpaired) electrons. The third-order valence-electron chi connectivity index (χ3n) is 2.97. The van der Waals surface area contributed by atoms with E-state index in [1.165, 1.54) is 32.8 Å². The lowest BCUT2D eigenvalue weighted by molar-refractivity contribution is -0.150. The van der Waals surface area contributed by atoms with Crippen molar-refractivity contribution >= 4 is 11.9 Å². The highest BCUT2D eigenvalue weighted by atomic mass is 16.5. The van der Waals surface area contributed by atoms with Crippen molar-refractivity contribution in [1.82, 2.24) is 5.32 Å². The molecule has 0 saturated carbocycles. The molecular weight excluding hydrogens is 246 g/mol. The van der Waals surface area contributed by atoms with Gasteiger partial charge in [-0.3, -0.25) is 4.79 Å². The van der Waals surface area contributed by atoms with Crippen molar-refractivity contribution in [2.45, 2.75) is 64.4 Å². The molecule has 0 aromatic carbocycles. The average Bonchev–Trinajstić information content (AvgIpc) is 2.42. The molecule has 0 fully saturated rings. The number of unbranched alkanes of at least 4 members (excludes halogenated alkanes) is 6. The van der Waals surface area contributed by atoms with Gasteiger partial charge in [0, 0.05) is 6.42 Å². The number of amides is 1. The van der Waals surface area contributed by atoms with E-state index >= 15 is 0 Å². The standard InChI is InChI=1S/C14H27NO4/c1-3-4-5-6-7-8-9-10-13(17)15-11-12(16)14(18)19-2/h12,16H,3-11H2,1-2H3,(H,15,17). The number of esters is 1. The van der Waals surface area contributed by atoms with Gasteiger partial charge in [-0.15, -0.1) is 0 Å². The van der Waals surface area contributed by atoms with E-state index in [1.807, 2.05) is 0 Å². The van der Waals surface area contributed by atoms with E-state index in [1.54, 1.807) is 0 Å². The van der Waals surface area contributed by atoms with E-state index in [9.17, 15) is 14.7 Å². The van der Waals surface area contributed by atoms with Crippen molar-refractivity contribution in [3.63, 3.8) is 0 Å². The summed E-state index contributed by atoms with van der Waals surface area (Å²) in [7, 11) is 1.20. The summed E-state index contributed by atoms with van der Waals surface area (Å²) in [6.07, 6.45) is 7.27. The lowest BCUT2D eigenvalue weighted by Gasteiger charge is -2.09. The van der Waals surface area contributed by atoms with Crippen molar-refractivity contribution in [2.75, 3.05) is 13.7 Å². The van der Waals surface area contributed by atoms with Crippen LogP contribution in [-0.2, 0) is 14.3 Å². The smallest absolute Gasteiger partial charge is 0.336 e. The van der Waals surface area contributed by atoms with E-state index in [0.717, 1.165) is 19.3 Å². The normalized spacial score (nSPS) is 11.9. The van der Waals surface area contributed by atoms with Crippen LogP contribution in [0.3, 0.4) is 0 Å². The predicted molar refractivity (Wildman–Crippen MR) is 73.6 cm³/mol. The van der Waals surface area contributed by atoms with Crippen molar-refractivity contribution in [3.8, 4) is 0 Å². The summed E-state index contributed by atoms with van der Waals surface area (Å²) < 4.78 is 4.35. The number of aliphatic hydroxyl groups is 1. The molecule has 0 aromatic rings. The Hall–Kier alpha value is -1.10. The van der Waals surface area contributed by atoms with Crippen molar-refractivity contribution in [3.05, 3.63) is 0 Å². The minimum Gasteiger partial charge on any atom is -0.467 e. The van der Waals surface area contributed by atoms with Crippen molar-refractivity contribution in [1.29, 1.82) is 0 Å². The lowest BCUT2D eigenvalue weighted by Crippen LogP contribution is -2.37. The minimum atomic E-state index is -1.28. The summed E-state index contributed by atoms with van der Waals surface area (Å²) in [4.78, 5) is 22.3. The fourth-order valence-electron chi connectivity index (χ4n) is 1.76. The second kappa shape index (κ2) is 12.0. The summed E-state index contributed by atoms with van der Waals surface area (Å²) in [5, 5.41) is 11.8. The number of ether oxygens (including phenoxy) is 1. The van der Waals surface area contributed by atoms with Gasteiger partial charge < -0.3 is 15.2 Å².